The zero-order valence-corrected chi connectivity index (χ0v) is 16.6. The molecule has 26 heavy (non-hydrogen) atoms. The van der Waals surface area contributed by atoms with E-state index in [1.54, 1.807) is 12.1 Å². The lowest BCUT2D eigenvalue weighted by Crippen LogP contribution is -2.52. The van der Waals surface area contributed by atoms with E-state index in [2.05, 4.69) is 24.1 Å². The highest BCUT2D eigenvalue weighted by Gasteiger charge is 2.27. The third-order valence-electron chi connectivity index (χ3n) is 5.01. The summed E-state index contributed by atoms with van der Waals surface area (Å²) in [6, 6.07) is 7.59. The number of hydrogen-bond donors (Lipinski definition) is 1. The summed E-state index contributed by atoms with van der Waals surface area (Å²) in [4.78, 5) is 14.7. The number of nitrogens with zero attached hydrogens (tertiary/aromatic N) is 1. The van der Waals surface area contributed by atoms with Gasteiger partial charge in [0.2, 0.25) is 5.91 Å². The zero-order chi connectivity index (χ0) is 18.8. The van der Waals surface area contributed by atoms with Gasteiger partial charge in [0.05, 0.1) is 26.2 Å². The molecule has 1 aliphatic rings. The molecule has 1 N–H and O–H groups in total. The first-order valence-electron chi connectivity index (χ1n) is 9.60. The van der Waals surface area contributed by atoms with E-state index in [4.69, 9.17) is 21.1 Å². The van der Waals surface area contributed by atoms with Crippen molar-refractivity contribution in [2.24, 2.45) is 5.92 Å². The van der Waals surface area contributed by atoms with Crippen LogP contribution >= 0.6 is 11.6 Å². The van der Waals surface area contributed by atoms with Gasteiger partial charge in [0.25, 0.3) is 0 Å². The number of hydrogen-bond acceptors (Lipinski definition) is 4. The third kappa shape index (κ3) is 6.78. The molecule has 1 amide bonds. The van der Waals surface area contributed by atoms with Crippen molar-refractivity contribution >= 4 is 17.5 Å². The van der Waals surface area contributed by atoms with Gasteiger partial charge in [-0.25, -0.2) is 0 Å². The van der Waals surface area contributed by atoms with Gasteiger partial charge in [-0.05, 0) is 24.1 Å². The van der Waals surface area contributed by atoms with Crippen LogP contribution in [-0.2, 0) is 9.53 Å². The number of carbonyl (C=O) groups excluding carboxylic acids is 1. The fourth-order valence-corrected chi connectivity index (χ4v) is 3.64. The molecular formula is C20H31ClN2O3. The lowest BCUT2D eigenvalue weighted by atomic mass is 9.92. The van der Waals surface area contributed by atoms with E-state index in [9.17, 15) is 4.79 Å². The van der Waals surface area contributed by atoms with Crippen LogP contribution in [0.4, 0.5) is 0 Å². The summed E-state index contributed by atoms with van der Waals surface area (Å²) in [6.45, 7) is 8.91. The second-order valence-electron chi connectivity index (χ2n) is 6.65. The van der Waals surface area contributed by atoms with Gasteiger partial charge in [-0.2, -0.15) is 0 Å². The smallest absolute Gasteiger partial charge is 0.223 e. The van der Waals surface area contributed by atoms with E-state index in [1.165, 1.54) is 0 Å². The summed E-state index contributed by atoms with van der Waals surface area (Å²) < 4.78 is 11.1. The Morgan fingerprint density at radius 2 is 2.04 bits per heavy atom. The second kappa shape index (κ2) is 11.4. The lowest BCUT2D eigenvalue weighted by molar-refractivity contribution is -0.122. The van der Waals surface area contributed by atoms with Crippen molar-refractivity contribution in [2.45, 2.75) is 39.2 Å². The molecule has 0 bridgehead atoms. The molecule has 0 radical (unpaired) electrons. The predicted octanol–water partition coefficient (Wildman–Crippen LogP) is 3.36. The minimum absolute atomic E-state index is 0.0243. The Morgan fingerprint density at radius 3 is 2.69 bits per heavy atom. The average Bonchev–Trinajstić information content (AvgIpc) is 2.66. The van der Waals surface area contributed by atoms with Crippen molar-refractivity contribution in [3.63, 3.8) is 0 Å². The molecule has 1 unspecified atom stereocenters. The zero-order valence-electron chi connectivity index (χ0n) is 15.9. The van der Waals surface area contributed by atoms with Crippen LogP contribution in [0.1, 0.15) is 33.1 Å². The number of carbonyl (C=O) groups is 1. The predicted molar refractivity (Wildman–Crippen MR) is 105 cm³/mol. The van der Waals surface area contributed by atoms with Crippen LogP contribution in [-0.4, -0.2) is 56.3 Å². The lowest BCUT2D eigenvalue weighted by Gasteiger charge is -2.38. The summed E-state index contributed by atoms with van der Waals surface area (Å²) in [7, 11) is 0. The molecule has 2 rings (SSSR count). The van der Waals surface area contributed by atoms with Crippen LogP contribution < -0.4 is 10.1 Å². The Morgan fingerprint density at radius 1 is 1.31 bits per heavy atom. The van der Waals surface area contributed by atoms with Gasteiger partial charge in [0.1, 0.15) is 5.75 Å². The van der Waals surface area contributed by atoms with Gasteiger partial charge in [-0.15, -0.1) is 0 Å². The molecule has 1 saturated heterocycles. The number of amides is 1. The van der Waals surface area contributed by atoms with E-state index >= 15 is 0 Å². The van der Waals surface area contributed by atoms with Crippen molar-refractivity contribution in [1.82, 2.24) is 10.2 Å². The Balaban J connectivity index is 1.78. The molecule has 1 fully saturated rings. The van der Waals surface area contributed by atoms with Crippen molar-refractivity contribution in [2.75, 3.05) is 39.5 Å². The van der Waals surface area contributed by atoms with E-state index in [0.29, 0.717) is 42.3 Å². The van der Waals surface area contributed by atoms with Gasteiger partial charge in [-0.3, -0.25) is 9.69 Å². The van der Waals surface area contributed by atoms with Crippen molar-refractivity contribution in [3.05, 3.63) is 29.3 Å². The second-order valence-corrected chi connectivity index (χ2v) is 7.09. The molecule has 0 spiro atoms. The quantitative estimate of drug-likeness (QED) is 0.674. The number of rotatable bonds is 10. The summed E-state index contributed by atoms with van der Waals surface area (Å²) >= 11 is 5.93. The number of ether oxygens (including phenoxy) is 2. The average molecular weight is 383 g/mol. The van der Waals surface area contributed by atoms with E-state index in [1.807, 2.05) is 12.1 Å². The van der Waals surface area contributed by atoms with Gasteiger partial charge in [-0.1, -0.05) is 44.4 Å². The molecule has 146 valence electrons. The Kier molecular flexibility index (Phi) is 9.23. The van der Waals surface area contributed by atoms with Gasteiger partial charge < -0.3 is 14.8 Å². The summed E-state index contributed by atoms with van der Waals surface area (Å²) in [5.41, 5.74) is 0. The maximum Gasteiger partial charge on any atom is 0.223 e. The topological polar surface area (TPSA) is 50.8 Å². The number of morpholine rings is 1. The van der Waals surface area contributed by atoms with Crippen LogP contribution in [0.25, 0.3) is 0 Å². The molecular weight excluding hydrogens is 352 g/mol. The van der Waals surface area contributed by atoms with E-state index in [0.717, 1.165) is 39.1 Å². The van der Waals surface area contributed by atoms with Crippen LogP contribution in [0.3, 0.4) is 0 Å². The van der Waals surface area contributed by atoms with Gasteiger partial charge in [0.15, 0.2) is 0 Å². The fraction of sp³-hybridized carbons (Fsp3) is 0.650. The van der Waals surface area contributed by atoms with Crippen LogP contribution in [0, 0.1) is 5.92 Å². The van der Waals surface area contributed by atoms with Crippen LogP contribution in [0.2, 0.25) is 5.02 Å². The maximum atomic E-state index is 12.2. The fourth-order valence-electron chi connectivity index (χ4n) is 3.46. The first kappa shape index (κ1) is 21.0. The molecule has 0 saturated carbocycles. The van der Waals surface area contributed by atoms with Crippen LogP contribution in [0.5, 0.6) is 5.75 Å². The molecule has 5 nitrogen and oxygen atoms in total. The summed E-state index contributed by atoms with van der Waals surface area (Å²) in [5.74, 6) is 1.29. The minimum atomic E-state index is 0.0243. The highest BCUT2D eigenvalue weighted by Crippen LogP contribution is 2.20. The summed E-state index contributed by atoms with van der Waals surface area (Å²) in [6.07, 6.45) is 2.57. The van der Waals surface area contributed by atoms with Gasteiger partial charge >= 0.3 is 0 Å². The number of nitrogens with one attached hydrogen (secondary N) is 1. The summed E-state index contributed by atoms with van der Waals surface area (Å²) in [5, 5.41) is 3.73. The Hall–Kier alpha value is -1.30. The van der Waals surface area contributed by atoms with Crippen molar-refractivity contribution < 1.29 is 14.3 Å². The normalized spacial score (nSPS) is 16.5. The SMILES string of the molecule is CCC(CC)C(CNC(=O)CCOc1cccc(Cl)c1)N1CCOCC1. The molecule has 1 atom stereocenters. The standard InChI is InChI=1S/C20H31ClN2O3/c1-3-16(4-2)19(23-9-12-25-13-10-23)15-22-20(24)8-11-26-18-7-5-6-17(21)14-18/h5-7,14,16,19H,3-4,8-13,15H2,1-2H3,(H,22,24). The molecule has 1 aromatic rings. The Labute approximate surface area is 162 Å². The highest BCUT2D eigenvalue weighted by molar-refractivity contribution is 6.30. The molecule has 1 aliphatic heterocycles. The van der Waals surface area contributed by atoms with E-state index in [-0.39, 0.29) is 5.91 Å². The van der Waals surface area contributed by atoms with Crippen molar-refractivity contribution in [1.29, 1.82) is 0 Å². The first-order valence-corrected chi connectivity index (χ1v) is 9.98. The molecule has 1 heterocycles. The maximum absolute atomic E-state index is 12.2. The van der Waals surface area contributed by atoms with Gasteiger partial charge in [0, 0.05) is 30.7 Å². The molecule has 0 aliphatic carbocycles. The number of halogens is 1. The Bertz CT molecular complexity index is 546. The highest BCUT2D eigenvalue weighted by atomic mass is 35.5. The number of benzene rings is 1. The van der Waals surface area contributed by atoms with Crippen molar-refractivity contribution in [3.8, 4) is 5.75 Å². The van der Waals surface area contributed by atoms with Crippen LogP contribution in [0.15, 0.2) is 24.3 Å². The molecule has 6 heteroatoms. The third-order valence-corrected chi connectivity index (χ3v) is 5.25. The molecule has 1 aromatic carbocycles. The first-order chi connectivity index (χ1) is 12.6. The largest absolute Gasteiger partial charge is 0.493 e. The minimum Gasteiger partial charge on any atom is -0.493 e. The molecule has 0 aromatic heterocycles. The van der Waals surface area contributed by atoms with E-state index < -0.39 is 0 Å². The monoisotopic (exact) mass is 382 g/mol.